The van der Waals surface area contributed by atoms with Crippen LogP contribution in [0.4, 0.5) is 15.9 Å². The highest BCUT2D eigenvalue weighted by atomic mass is 35.5. The van der Waals surface area contributed by atoms with Crippen molar-refractivity contribution in [2.24, 2.45) is 5.92 Å². The van der Waals surface area contributed by atoms with Crippen LogP contribution in [0.3, 0.4) is 0 Å². The molecule has 0 aliphatic carbocycles. The fraction of sp³-hybridized carbons (Fsp3) is 0.286. The van der Waals surface area contributed by atoms with Crippen LogP contribution in [0.15, 0.2) is 30.6 Å². The van der Waals surface area contributed by atoms with Crippen molar-refractivity contribution in [3.63, 3.8) is 0 Å². The molecule has 6 heteroatoms. The summed E-state index contributed by atoms with van der Waals surface area (Å²) < 4.78 is 18.6. The highest BCUT2D eigenvalue weighted by molar-refractivity contribution is 6.31. The SMILES string of the molecule is CC(C)COc1cncc(Nc2ccc(F)c(Cl)c2)n1. The van der Waals surface area contributed by atoms with Gasteiger partial charge in [-0.3, -0.25) is 4.98 Å². The smallest absolute Gasteiger partial charge is 0.234 e. The van der Waals surface area contributed by atoms with Crippen molar-refractivity contribution >= 4 is 23.1 Å². The minimum absolute atomic E-state index is 0.0511. The van der Waals surface area contributed by atoms with Crippen LogP contribution in [0, 0.1) is 11.7 Å². The van der Waals surface area contributed by atoms with E-state index in [2.05, 4.69) is 29.1 Å². The summed E-state index contributed by atoms with van der Waals surface area (Å²) in [5, 5.41) is 3.05. The van der Waals surface area contributed by atoms with Gasteiger partial charge in [0, 0.05) is 5.69 Å². The molecule has 1 aromatic carbocycles. The molecule has 0 aliphatic heterocycles. The molecule has 0 unspecified atom stereocenters. The van der Waals surface area contributed by atoms with E-state index in [1.54, 1.807) is 18.5 Å². The molecular weight excluding hydrogens is 281 g/mol. The van der Waals surface area contributed by atoms with E-state index in [4.69, 9.17) is 16.3 Å². The number of ether oxygens (including phenoxy) is 1. The first-order valence-corrected chi connectivity index (χ1v) is 6.59. The second kappa shape index (κ2) is 6.52. The lowest BCUT2D eigenvalue weighted by molar-refractivity contribution is 0.260. The number of anilines is 2. The summed E-state index contributed by atoms with van der Waals surface area (Å²) in [6.07, 6.45) is 3.10. The van der Waals surface area contributed by atoms with Crippen molar-refractivity contribution in [2.45, 2.75) is 13.8 Å². The second-order valence-electron chi connectivity index (χ2n) is 4.70. The van der Waals surface area contributed by atoms with Gasteiger partial charge in [-0.25, -0.2) is 4.39 Å². The Balaban J connectivity index is 2.08. The van der Waals surface area contributed by atoms with Gasteiger partial charge in [0.15, 0.2) is 5.82 Å². The summed E-state index contributed by atoms with van der Waals surface area (Å²) in [5.74, 6) is 0.896. The van der Waals surface area contributed by atoms with Crippen LogP contribution in [0.1, 0.15) is 13.8 Å². The third-order valence-electron chi connectivity index (χ3n) is 2.37. The Kier molecular flexibility index (Phi) is 4.74. The molecule has 0 saturated carbocycles. The zero-order valence-corrected chi connectivity index (χ0v) is 12.0. The van der Waals surface area contributed by atoms with Crippen molar-refractivity contribution < 1.29 is 9.13 Å². The number of aromatic nitrogens is 2. The number of benzene rings is 1. The molecule has 0 bridgehead atoms. The second-order valence-corrected chi connectivity index (χ2v) is 5.11. The summed E-state index contributed by atoms with van der Waals surface area (Å²) in [5.41, 5.74) is 0.631. The number of nitrogens with one attached hydrogen (secondary N) is 1. The number of hydrogen-bond acceptors (Lipinski definition) is 4. The van der Waals surface area contributed by atoms with Gasteiger partial charge >= 0.3 is 0 Å². The van der Waals surface area contributed by atoms with E-state index in [0.29, 0.717) is 29.9 Å². The largest absolute Gasteiger partial charge is 0.476 e. The van der Waals surface area contributed by atoms with Crippen molar-refractivity contribution in [3.05, 3.63) is 41.4 Å². The minimum atomic E-state index is -0.461. The maximum atomic E-state index is 13.1. The molecule has 20 heavy (non-hydrogen) atoms. The Morgan fingerprint density at radius 3 is 2.85 bits per heavy atom. The minimum Gasteiger partial charge on any atom is -0.476 e. The molecule has 0 saturated heterocycles. The lowest BCUT2D eigenvalue weighted by atomic mass is 10.2. The topological polar surface area (TPSA) is 47.0 Å². The first-order chi connectivity index (χ1) is 9.54. The van der Waals surface area contributed by atoms with Crippen LogP contribution in [0.2, 0.25) is 5.02 Å². The van der Waals surface area contributed by atoms with Crippen LogP contribution in [-0.4, -0.2) is 16.6 Å². The maximum Gasteiger partial charge on any atom is 0.234 e. The molecule has 4 nitrogen and oxygen atoms in total. The lowest BCUT2D eigenvalue weighted by Gasteiger charge is -2.10. The molecule has 1 N–H and O–H groups in total. The zero-order valence-electron chi connectivity index (χ0n) is 11.2. The van der Waals surface area contributed by atoms with Crippen molar-refractivity contribution in [1.82, 2.24) is 9.97 Å². The van der Waals surface area contributed by atoms with Gasteiger partial charge in [0.05, 0.1) is 24.0 Å². The van der Waals surface area contributed by atoms with E-state index in [-0.39, 0.29) is 5.02 Å². The van der Waals surface area contributed by atoms with E-state index in [1.165, 1.54) is 12.1 Å². The van der Waals surface area contributed by atoms with Gasteiger partial charge in [-0.1, -0.05) is 25.4 Å². The summed E-state index contributed by atoms with van der Waals surface area (Å²) >= 11 is 5.72. The highest BCUT2D eigenvalue weighted by Gasteiger charge is 2.04. The van der Waals surface area contributed by atoms with E-state index in [1.807, 2.05) is 0 Å². The third kappa shape index (κ3) is 4.06. The van der Waals surface area contributed by atoms with Crippen LogP contribution in [0.25, 0.3) is 0 Å². The highest BCUT2D eigenvalue weighted by Crippen LogP contribution is 2.22. The number of halogens is 2. The van der Waals surface area contributed by atoms with Gasteiger partial charge in [-0.2, -0.15) is 4.98 Å². The van der Waals surface area contributed by atoms with Crippen molar-refractivity contribution in [3.8, 4) is 5.88 Å². The first-order valence-electron chi connectivity index (χ1n) is 6.21. The van der Waals surface area contributed by atoms with Crippen LogP contribution >= 0.6 is 11.6 Å². The molecule has 2 aromatic rings. The first kappa shape index (κ1) is 14.5. The predicted molar refractivity (Wildman–Crippen MR) is 77.1 cm³/mol. The quantitative estimate of drug-likeness (QED) is 0.904. The van der Waals surface area contributed by atoms with E-state index in [0.717, 1.165) is 0 Å². The molecule has 0 amide bonds. The van der Waals surface area contributed by atoms with Gasteiger partial charge in [0.25, 0.3) is 0 Å². The van der Waals surface area contributed by atoms with Gasteiger partial charge in [0.1, 0.15) is 5.82 Å². The molecule has 0 atom stereocenters. The molecule has 1 aromatic heterocycles. The molecule has 1 heterocycles. The van der Waals surface area contributed by atoms with E-state index >= 15 is 0 Å². The molecule has 106 valence electrons. The summed E-state index contributed by atoms with van der Waals surface area (Å²) in [6.45, 7) is 4.67. The van der Waals surface area contributed by atoms with Crippen LogP contribution in [-0.2, 0) is 0 Å². The molecular formula is C14H15ClFN3O. The lowest BCUT2D eigenvalue weighted by Crippen LogP contribution is -2.06. The molecule has 0 aliphatic rings. The Morgan fingerprint density at radius 1 is 1.35 bits per heavy atom. The van der Waals surface area contributed by atoms with Gasteiger partial charge in [-0.15, -0.1) is 0 Å². The van der Waals surface area contributed by atoms with Crippen LogP contribution < -0.4 is 10.1 Å². The Hall–Kier alpha value is -1.88. The van der Waals surface area contributed by atoms with E-state index in [9.17, 15) is 4.39 Å². The zero-order chi connectivity index (χ0) is 14.5. The fourth-order valence-corrected chi connectivity index (χ4v) is 1.63. The third-order valence-corrected chi connectivity index (χ3v) is 2.66. The number of nitrogens with zero attached hydrogens (tertiary/aromatic N) is 2. The fourth-order valence-electron chi connectivity index (χ4n) is 1.45. The van der Waals surface area contributed by atoms with Crippen molar-refractivity contribution in [1.29, 1.82) is 0 Å². The van der Waals surface area contributed by atoms with E-state index < -0.39 is 5.82 Å². The van der Waals surface area contributed by atoms with Crippen molar-refractivity contribution in [2.75, 3.05) is 11.9 Å². The maximum absolute atomic E-state index is 13.1. The Bertz CT molecular complexity index is 592. The monoisotopic (exact) mass is 295 g/mol. The van der Waals surface area contributed by atoms with Gasteiger partial charge in [-0.05, 0) is 24.1 Å². The molecule has 0 spiro atoms. The summed E-state index contributed by atoms with van der Waals surface area (Å²) in [7, 11) is 0. The standard InChI is InChI=1S/C14H15ClFN3O/c1-9(2)8-20-14-7-17-6-13(19-14)18-10-3-4-12(16)11(15)5-10/h3-7,9H,8H2,1-2H3,(H,18,19). The average Bonchev–Trinajstić information content (AvgIpc) is 2.41. The summed E-state index contributed by atoms with van der Waals surface area (Å²) in [4.78, 5) is 8.30. The molecule has 0 fully saturated rings. The molecule has 2 rings (SSSR count). The van der Waals surface area contributed by atoms with Gasteiger partial charge < -0.3 is 10.1 Å². The van der Waals surface area contributed by atoms with Crippen LogP contribution in [0.5, 0.6) is 5.88 Å². The number of hydrogen-bond donors (Lipinski definition) is 1. The summed E-state index contributed by atoms with van der Waals surface area (Å²) in [6, 6.07) is 4.35. The average molecular weight is 296 g/mol. The predicted octanol–water partition coefficient (Wildman–Crippen LogP) is 4.05. The molecule has 0 radical (unpaired) electrons. The normalized spacial score (nSPS) is 10.7. The van der Waals surface area contributed by atoms with Gasteiger partial charge in [0.2, 0.25) is 5.88 Å². The Morgan fingerprint density at radius 2 is 2.15 bits per heavy atom. The number of rotatable bonds is 5. The Labute approximate surface area is 122 Å².